The first kappa shape index (κ1) is 13.6. The molecule has 1 aromatic rings. The van der Waals surface area contributed by atoms with Crippen molar-refractivity contribution >= 4 is 0 Å². The number of hydrogen-bond donors (Lipinski definition) is 1. The molecule has 4 heteroatoms. The summed E-state index contributed by atoms with van der Waals surface area (Å²) in [5.41, 5.74) is 0. The lowest BCUT2D eigenvalue weighted by Gasteiger charge is -2.25. The zero-order valence-corrected chi connectivity index (χ0v) is 11.7. The van der Waals surface area contributed by atoms with Crippen molar-refractivity contribution in [2.75, 3.05) is 13.7 Å². The number of rotatable bonds is 6. The highest BCUT2D eigenvalue weighted by molar-refractivity contribution is 4.98. The predicted octanol–water partition coefficient (Wildman–Crippen LogP) is 1.85. The van der Waals surface area contributed by atoms with E-state index in [0.717, 1.165) is 26.0 Å². The molecular formula is C14H25N3O. The Bertz CT molecular complexity index is 364. The molecule has 2 rings (SSSR count). The monoisotopic (exact) mass is 251 g/mol. The molecule has 18 heavy (non-hydrogen) atoms. The Kier molecular flexibility index (Phi) is 4.78. The molecule has 1 aliphatic rings. The van der Waals surface area contributed by atoms with E-state index in [4.69, 9.17) is 4.74 Å². The quantitative estimate of drug-likeness (QED) is 0.838. The average Bonchev–Trinajstić information content (AvgIpc) is 2.96. The maximum Gasteiger partial charge on any atom is 0.110 e. The van der Waals surface area contributed by atoms with E-state index in [0.29, 0.717) is 18.1 Å². The second-order valence-electron chi connectivity index (χ2n) is 5.24. The molecule has 0 radical (unpaired) electrons. The molecule has 2 heterocycles. The molecule has 0 amide bonds. The average molecular weight is 251 g/mol. The predicted molar refractivity (Wildman–Crippen MR) is 72.6 cm³/mol. The van der Waals surface area contributed by atoms with Crippen LogP contribution in [-0.2, 0) is 17.7 Å². The number of nitrogens with one attached hydrogen (secondary N) is 1. The van der Waals surface area contributed by atoms with E-state index in [9.17, 15) is 0 Å². The zero-order chi connectivity index (χ0) is 13.0. The summed E-state index contributed by atoms with van der Waals surface area (Å²) in [6.07, 6.45) is 7.55. The molecule has 3 unspecified atom stereocenters. The first-order valence-electron chi connectivity index (χ1n) is 7.05. The van der Waals surface area contributed by atoms with Crippen molar-refractivity contribution in [1.82, 2.24) is 14.9 Å². The van der Waals surface area contributed by atoms with Crippen LogP contribution in [0.1, 0.15) is 32.5 Å². The van der Waals surface area contributed by atoms with Crippen molar-refractivity contribution in [2.45, 2.75) is 51.8 Å². The minimum Gasteiger partial charge on any atom is -0.376 e. The van der Waals surface area contributed by atoms with Crippen molar-refractivity contribution in [3.05, 3.63) is 18.2 Å². The molecule has 0 saturated carbocycles. The second kappa shape index (κ2) is 6.34. The van der Waals surface area contributed by atoms with Gasteiger partial charge in [0, 0.05) is 38.0 Å². The number of aromatic nitrogens is 2. The van der Waals surface area contributed by atoms with Crippen LogP contribution in [0.5, 0.6) is 0 Å². The summed E-state index contributed by atoms with van der Waals surface area (Å²) in [6, 6.07) is 0.362. The maximum atomic E-state index is 5.87. The molecule has 1 saturated heterocycles. The lowest BCUT2D eigenvalue weighted by Crippen LogP contribution is -2.42. The van der Waals surface area contributed by atoms with Gasteiger partial charge in [0.15, 0.2) is 0 Å². The van der Waals surface area contributed by atoms with Crippen molar-refractivity contribution in [1.29, 1.82) is 0 Å². The van der Waals surface area contributed by atoms with Gasteiger partial charge in [0.25, 0.3) is 0 Å². The summed E-state index contributed by atoms with van der Waals surface area (Å²) in [6.45, 7) is 6.42. The summed E-state index contributed by atoms with van der Waals surface area (Å²) < 4.78 is 8.12. The van der Waals surface area contributed by atoms with Crippen LogP contribution < -0.4 is 5.32 Å². The van der Waals surface area contributed by atoms with Gasteiger partial charge in [0.2, 0.25) is 0 Å². The minimum atomic E-state index is 0.321. The van der Waals surface area contributed by atoms with Crippen LogP contribution >= 0.6 is 0 Å². The Balaban J connectivity index is 2.03. The first-order chi connectivity index (χ1) is 8.76. The summed E-state index contributed by atoms with van der Waals surface area (Å²) in [7, 11) is 2.02. The molecule has 3 atom stereocenters. The lowest BCUT2D eigenvalue weighted by atomic mass is 9.95. The highest BCUT2D eigenvalue weighted by Crippen LogP contribution is 2.24. The molecule has 0 bridgehead atoms. The van der Waals surface area contributed by atoms with E-state index in [-0.39, 0.29) is 0 Å². The fourth-order valence-corrected chi connectivity index (χ4v) is 2.78. The van der Waals surface area contributed by atoms with Gasteiger partial charge in [-0.3, -0.25) is 0 Å². The molecule has 1 aromatic heterocycles. The number of imidazole rings is 1. The standard InChI is InChI=1S/C14H25N3O/c1-4-7-17-8-6-16-13(17)10-12(15-3)14-11(2)5-9-18-14/h6,8,11-12,14-15H,4-5,7,9-10H2,1-3H3. The molecular weight excluding hydrogens is 226 g/mol. The van der Waals surface area contributed by atoms with E-state index in [2.05, 4.69) is 34.9 Å². The highest BCUT2D eigenvalue weighted by Gasteiger charge is 2.31. The summed E-state index contributed by atoms with van der Waals surface area (Å²) in [4.78, 5) is 4.49. The third-order valence-electron chi connectivity index (χ3n) is 3.88. The number of likely N-dealkylation sites (N-methyl/N-ethyl adjacent to an activating group) is 1. The Labute approximate surface area is 110 Å². The van der Waals surface area contributed by atoms with E-state index < -0.39 is 0 Å². The van der Waals surface area contributed by atoms with Gasteiger partial charge in [-0.05, 0) is 25.8 Å². The van der Waals surface area contributed by atoms with Gasteiger partial charge in [-0.2, -0.15) is 0 Å². The number of hydrogen-bond acceptors (Lipinski definition) is 3. The third kappa shape index (κ3) is 2.93. The van der Waals surface area contributed by atoms with Crippen molar-refractivity contribution in [3.63, 3.8) is 0 Å². The maximum absolute atomic E-state index is 5.87. The van der Waals surface area contributed by atoms with Gasteiger partial charge in [-0.25, -0.2) is 4.98 Å². The Morgan fingerprint density at radius 3 is 3.06 bits per heavy atom. The minimum absolute atomic E-state index is 0.321. The molecule has 1 fully saturated rings. The molecule has 4 nitrogen and oxygen atoms in total. The highest BCUT2D eigenvalue weighted by atomic mass is 16.5. The molecule has 0 aromatic carbocycles. The van der Waals surface area contributed by atoms with Crippen molar-refractivity contribution < 1.29 is 4.74 Å². The molecule has 0 spiro atoms. The van der Waals surface area contributed by atoms with E-state index in [1.165, 1.54) is 12.2 Å². The van der Waals surface area contributed by atoms with Crippen molar-refractivity contribution in [2.24, 2.45) is 5.92 Å². The fraction of sp³-hybridized carbons (Fsp3) is 0.786. The van der Waals surface area contributed by atoms with Gasteiger partial charge in [-0.15, -0.1) is 0 Å². The van der Waals surface area contributed by atoms with Crippen LogP contribution in [0.3, 0.4) is 0 Å². The van der Waals surface area contributed by atoms with E-state index in [1.54, 1.807) is 0 Å². The Morgan fingerprint density at radius 1 is 1.61 bits per heavy atom. The summed E-state index contributed by atoms with van der Waals surface area (Å²) >= 11 is 0. The molecule has 0 aliphatic carbocycles. The van der Waals surface area contributed by atoms with Gasteiger partial charge in [0.1, 0.15) is 5.82 Å². The second-order valence-corrected chi connectivity index (χ2v) is 5.24. The lowest BCUT2D eigenvalue weighted by molar-refractivity contribution is 0.0625. The third-order valence-corrected chi connectivity index (χ3v) is 3.88. The van der Waals surface area contributed by atoms with Gasteiger partial charge >= 0.3 is 0 Å². The Hall–Kier alpha value is -0.870. The van der Waals surface area contributed by atoms with E-state index in [1.807, 2.05) is 13.2 Å². The topological polar surface area (TPSA) is 39.1 Å². The van der Waals surface area contributed by atoms with Crippen LogP contribution in [0.4, 0.5) is 0 Å². The van der Waals surface area contributed by atoms with Gasteiger partial charge < -0.3 is 14.6 Å². The fourth-order valence-electron chi connectivity index (χ4n) is 2.78. The smallest absolute Gasteiger partial charge is 0.110 e. The van der Waals surface area contributed by atoms with Gasteiger partial charge in [0.05, 0.1) is 6.10 Å². The zero-order valence-electron chi connectivity index (χ0n) is 11.7. The van der Waals surface area contributed by atoms with E-state index >= 15 is 0 Å². The number of aryl methyl sites for hydroxylation is 1. The molecule has 1 aliphatic heterocycles. The SMILES string of the molecule is CCCn1ccnc1CC(NC)C1OCCC1C. The van der Waals surface area contributed by atoms with Gasteiger partial charge in [-0.1, -0.05) is 13.8 Å². The Morgan fingerprint density at radius 2 is 2.44 bits per heavy atom. The van der Waals surface area contributed by atoms with Crippen LogP contribution in [0.15, 0.2) is 12.4 Å². The van der Waals surface area contributed by atoms with Crippen LogP contribution in [-0.4, -0.2) is 35.4 Å². The largest absolute Gasteiger partial charge is 0.376 e. The van der Waals surface area contributed by atoms with Crippen LogP contribution in [0.25, 0.3) is 0 Å². The normalized spacial score (nSPS) is 25.5. The first-order valence-corrected chi connectivity index (χ1v) is 7.05. The number of nitrogens with zero attached hydrogens (tertiary/aromatic N) is 2. The number of ether oxygens (including phenoxy) is 1. The van der Waals surface area contributed by atoms with Crippen LogP contribution in [0, 0.1) is 5.92 Å². The summed E-state index contributed by atoms with van der Waals surface area (Å²) in [5.74, 6) is 1.80. The van der Waals surface area contributed by atoms with Crippen LogP contribution in [0.2, 0.25) is 0 Å². The summed E-state index contributed by atoms with van der Waals surface area (Å²) in [5, 5.41) is 3.40. The molecule has 102 valence electrons. The molecule has 1 N–H and O–H groups in total. The van der Waals surface area contributed by atoms with Crippen molar-refractivity contribution in [3.8, 4) is 0 Å².